The van der Waals surface area contributed by atoms with Crippen molar-refractivity contribution in [3.63, 3.8) is 0 Å². The largest absolute Gasteiger partial charge is 0.477 e. The van der Waals surface area contributed by atoms with Crippen LogP contribution in [0.2, 0.25) is 5.02 Å². The first-order chi connectivity index (χ1) is 13.9. The fourth-order valence-corrected chi connectivity index (χ4v) is 3.18. The minimum Gasteiger partial charge on any atom is -0.477 e. The summed E-state index contributed by atoms with van der Waals surface area (Å²) in [5.74, 6) is -2.08. The van der Waals surface area contributed by atoms with Crippen LogP contribution >= 0.6 is 11.6 Å². The van der Waals surface area contributed by atoms with Crippen LogP contribution in [-0.2, 0) is 4.79 Å². The van der Waals surface area contributed by atoms with Gasteiger partial charge in [-0.2, -0.15) is 5.10 Å². The van der Waals surface area contributed by atoms with Crippen molar-refractivity contribution in [1.29, 1.82) is 0 Å². The molecule has 2 aromatic carbocycles. The fourth-order valence-electron chi connectivity index (χ4n) is 3.05. The number of benzene rings is 2. The number of aliphatic carboxylic acids is 1. The van der Waals surface area contributed by atoms with E-state index in [1.807, 2.05) is 0 Å². The minimum atomic E-state index is -1.23. The number of fused-ring (bicyclic) bond motifs is 1. The Kier molecular flexibility index (Phi) is 4.77. The zero-order valence-corrected chi connectivity index (χ0v) is 15.5. The molecule has 1 amide bonds. The van der Waals surface area contributed by atoms with Gasteiger partial charge >= 0.3 is 5.97 Å². The van der Waals surface area contributed by atoms with Crippen molar-refractivity contribution in [2.24, 2.45) is 0 Å². The molecule has 29 heavy (non-hydrogen) atoms. The first kappa shape index (κ1) is 18.7. The van der Waals surface area contributed by atoms with Crippen molar-refractivity contribution in [3.05, 3.63) is 88.5 Å². The van der Waals surface area contributed by atoms with Crippen molar-refractivity contribution in [2.75, 3.05) is 10.6 Å². The summed E-state index contributed by atoms with van der Waals surface area (Å²) in [7, 11) is 0. The van der Waals surface area contributed by atoms with Gasteiger partial charge in [0.15, 0.2) is 0 Å². The Morgan fingerprint density at radius 3 is 2.59 bits per heavy atom. The number of amides is 1. The molecule has 1 aliphatic rings. The van der Waals surface area contributed by atoms with Crippen LogP contribution in [0.3, 0.4) is 0 Å². The van der Waals surface area contributed by atoms with E-state index in [4.69, 9.17) is 11.6 Å². The zero-order chi connectivity index (χ0) is 20.5. The number of carboxylic acids is 1. The number of carboxylic acid groups (broad SMARTS) is 1. The van der Waals surface area contributed by atoms with Crippen LogP contribution in [0.1, 0.15) is 22.0 Å². The number of hydrogen-bond acceptors (Lipinski definition) is 4. The van der Waals surface area contributed by atoms with E-state index in [-0.39, 0.29) is 22.6 Å². The molecule has 3 aromatic rings. The number of aromatic nitrogens is 2. The average Bonchev–Trinajstić information content (AvgIpc) is 3.13. The van der Waals surface area contributed by atoms with Gasteiger partial charge in [-0.25, -0.2) is 13.9 Å². The second-order valence-electron chi connectivity index (χ2n) is 6.29. The quantitative estimate of drug-likeness (QED) is 0.603. The van der Waals surface area contributed by atoms with E-state index in [1.165, 1.54) is 29.1 Å². The highest BCUT2D eigenvalue weighted by Gasteiger charge is 2.30. The third-order valence-corrected chi connectivity index (χ3v) is 4.69. The molecule has 0 bridgehead atoms. The number of hydrogen-bond donors (Lipinski definition) is 3. The normalized spacial score (nSPS) is 15.1. The van der Waals surface area contributed by atoms with Gasteiger partial charge in [-0.3, -0.25) is 4.79 Å². The number of anilines is 2. The molecule has 9 heteroatoms. The maximum atomic E-state index is 14.4. The maximum Gasteiger partial charge on any atom is 0.352 e. The third-order valence-electron chi connectivity index (χ3n) is 4.44. The van der Waals surface area contributed by atoms with Crippen molar-refractivity contribution in [1.82, 2.24) is 9.78 Å². The van der Waals surface area contributed by atoms with E-state index >= 15 is 0 Å². The summed E-state index contributed by atoms with van der Waals surface area (Å²) in [6.45, 7) is 0. The van der Waals surface area contributed by atoms with Gasteiger partial charge in [0.25, 0.3) is 5.91 Å². The van der Waals surface area contributed by atoms with Crippen molar-refractivity contribution in [2.45, 2.75) is 6.04 Å². The van der Waals surface area contributed by atoms with Crippen molar-refractivity contribution < 1.29 is 19.1 Å². The Labute approximate surface area is 169 Å². The Hall–Kier alpha value is -3.65. The minimum absolute atomic E-state index is 0.119. The van der Waals surface area contributed by atoms with Crippen LogP contribution in [-0.4, -0.2) is 26.8 Å². The van der Waals surface area contributed by atoms with E-state index in [0.29, 0.717) is 10.7 Å². The highest BCUT2D eigenvalue weighted by atomic mass is 35.5. The lowest BCUT2D eigenvalue weighted by Gasteiger charge is -2.24. The smallest absolute Gasteiger partial charge is 0.352 e. The fraction of sp³-hybridized carbons (Fsp3) is 0.0500. The van der Waals surface area contributed by atoms with Gasteiger partial charge in [0.2, 0.25) is 0 Å². The summed E-state index contributed by atoms with van der Waals surface area (Å²) >= 11 is 5.85. The van der Waals surface area contributed by atoms with Crippen LogP contribution < -0.4 is 10.6 Å². The second kappa shape index (κ2) is 7.40. The molecule has 146 valence electrons. The van der Waals surface area contributed by atoms with Crippen LogP contribution in [0.4, 0.5) is 15.9 Å². The van der Waals surface area contributed by atoms with Gasteiger partial charge in [0.1, 0.15) is 28.9 Å². The predicted octanol–water partition coefficient (Wildman–Crippen LogP) is 3.91. The Morgan fingerprint density at radius 1 is 1.17 bits per heavy atom. The predicted molar refractivity (Wildman–Crippen MR) is 106 cm³/mol. The van der Waals surface area contributed by atoms with E-state index in [0.717, 1.165) is 0 Å². The Morgan fingerprint density at radius 2 is 1.90 bits per heavy atom. The highest BCUT2D eigenvalue weighted by molar-refractivity contribution is 6.30. The van der Waals surface area contributed by atoms with Crippen molar-refractivity contribution >= 4 is 35.0 Å². The highest BCUT2D eigenvalue weighted by Crippen LogP contribution is 2.33. The molecule has 1 unspecified atom stereocenters. The lowest BCUT2D eigenvalue weighted by molar-refractivity contribution is -0.132. The summed E-state index contributed by atoms with van der Waals surface area (Å²) in [5, 5.41) is 19.6. The van der Waals surface area contributed by atoms with Gasteiger partial charge in [-0.05, 0) is 36.4 Å². The average molecular weight is 413 g/mol. The topological polar surface area (TPSA) is 96.2 Å². The Balaban J connectivity index is 1.73. The molecule has 0 saturated heterocycles. The molecule has 1 aliphatic heterocycles. The van der Waals surface area contributed by atoms with Crippen LogP contribution in [0.15, 0.2) is 66.5 Å². The van der Waals surface area contributed by atoms with Gasteiger partial charge in [0, 0.05) is 16.3 Å². The molecule has 2 heterocycles. The van der Waals surface area contributed by atoms with Gasteiger partial charge in [-0.1, -0.05) is 29.8 Å². The molecule has 1 aromatic heterocycles. The molecule has 0 radical (unpaired) electrons. The zero-order valence-electron chi connectivity index (χ0n) is 14.8. The number of allylic oxidation sites excluding steroid dienone is 1. The number of halogens is 2. The van der Waals surface area contributed by atoms with E-state index in [1.54, 1.807) is 36.4 Å². The molecule has 0 saturated carbocycles. The number of carbonyl (C=O) groups is 2. The van der Waals surface area contributed by atoms with Gasteiger partial charge in [-0.15, -0.1) is 0 Å². The van der Waals surface area contributed by atoms with Crippen LogP contribution in [0, 0.1) is 5.82 Å². The molecule has 3 N–H and O–H groups in total. The summed E-state index contributed by atoms with van der Waals surface area (Å²) < 4.78 is 15.7. The number of rotatable bonds is 4. The summed E-state index contributed by atoms with van der Waals surface area (Å²) in [6, 6.07) is 11.7. The lowest BCUT2D eigenvalue weighted by Crippen LogP contribution is -2.26. The van der Waals surface area contributed by atoms with Gasteiger partial charge < -0.3 is 15.7 Å². The molecule has 4 rings (SSSR count). The van der Waals surface area contributed by atoms with E-state index in [2.05, 4.69) is 15.7 Å². The number of nitrogens with zero attached hydrogens (tertiary/aromatic N) is 2. The first-order valence-corrected chi connectivity index (χ1v) is 8.93. The third kappa shape index (κ3) is 3.57. The lowest BCUT2D eigenvalue weighted by atomic mass is 10.0. The summed E-state index contributed by atoms with van der Waals surface area (Å²) in [6.07, 6.45) is 2.65. The van der Waals surface area contributed by atoms with Gasteiger partial charge in [0.05, 0.1) is 6.20 Å². The van der Waals surface area contributed by atoms with E-state index < -0.39 is 23.7 Å². The molecule has 0 aliphatic carbocycles. The Bertz CT molecular complexity index is 1140. The molecular formula is C20H14ClFN4O3. The molecule has 1 atom stereocenters. The maximum absolute atomic E-state index is 14.4. The second-order valence-corrected chi connectivity index (χ2v) is 6.73. The molecular weight excluding hydrogens is 399 g/mol. The first-order valence-electron chi connectivity index (χ1n) is 8.55. The molecule has 0 fully saturated rings. The standard InChI is InChI=1S/C20H14ClFN4O3/c21-11-5-7-12(8-6-11)24-19(27)14-10-23-26-17(13-3-1-2-4-15(13)22)9-16(20(28)29)25-18(14)26/h1-10,17,25H,(H,24,27)(H,28,29). The number of nitrogens with one attached hydrogen (secondary N) is 2. The van der Waals surface area contributed by atoms with E-state index in [9.17, 15) is 19.1 Å². The molecule has 7 nitrogen and oxygen atoms in total. The van der Waals surface area contributed by atoms with Crippen LogP contribution in [0.25, 0.3) is 0 Å². The molecule has 0 spiro atoms. The van der Waals surface area contributed by atoms with Crippen molar-refractivity contribution in [3.8, 4) is 0 Å². The van der Waals surface area contributed by atoms with Crippen LogP contribution in [0.5, 0.6) is 0 Å². The SMILES string of the molecule is O=C(O)C1=CC(c2ccccc2F)n2ncc(C(=O)Nc3ccc(Cl)cc3)c2N1. The monoisotopic (exact) mass is 412 g/mol. The summed E-state index contributed by atoms with van der Waals surface area (Å²) in [4.78, 5) is 24.3. The number of carbonyl (C=O) groups excluding carboxylic acids is 1. The summed E-state index contributed by atoms with van der Waals surface area (Å²) in [5.41, 5.74) is 0.691.